The number of nitrogens with one attached hydrogen (secondary N) is 1. The number of nitrogens with zero attached hydrogens (tertiary/aromatic N) is 5. The van der Waals surface area contributed by atoms with Crippen LogP contribution in [0.2, 0.25) is 0 Å². The van der Waals surface area contributed by atoms with E-state index in [2.05, 4.69) is 62.5 Å². The van der Waals surface area contributed by atoms with E-state index in [1.165, 1.54) is 5.56 Å². The molecule has 6 nitrogen and oxygen atoms in total. The molecule has 0 bridgehead atoms. The van der Waals surface area contributed by atoms with Crippen LogP contribution in [0.3, 0.4) is 0 Å². The third-order valence-electron chi connectivity index (χ3n) is 3.99. The van der Waals surface area contributed by atoms with Gasteiger partial charge in [0.15, 0.2) is 5.82 Å². The van der Waals surface area contributed by atoms with Crippen molar-refractivity contribution >= 4 is 17.5 Å². The molecule has 22 heavy (non-hydrogen) atoms. The molecule has 0 spiro atoms. The Morgan fingerprint density at radius 3 is 2.68 bits per heavy atom. The van der Waals surface area contributed by atoms with Gasteiger partial charge in [0.1, 0.15) is 0 Å². The SMILES string of the molecule is CCc1ccccc1Nc1cnnc(N2CCN(C)CC2)n1. The fraction of sp³-hybridized carbons (Fsp3) is 0.438. The van der Waals surface area contributed by atoms with Crippen molar-refractivity contribution in [3.8, 4) is 0 Å². The molecule has 116 valence electrons. The van der Waals surface area contributed by atoms with Crippen LogP contribution >= 0.6 is 0 Å². The highest BCUT2D eigenvalue weighted by Crippen LogP contribution is 2.20. The zero-order valence-electron chi connectivity index (χ0n) is 13.2. The van der Waals surface area contributed by atoms with Gasteiger partial charge in [-0.3, -0.25) is 0 Å². The molecule has 1 aromatic heterocycles. The van der Waals surface area contributed by atoms with Gasteiger partial charge in [-0.15, -0.1) is 5.10 Å². The Kier molecular flexibility index (Phi) is 4.48. The summed E-state index contributed by atoms with van der Waals surface area (Å²) < 4.78 is 0. The molecule has 0 amide bonds. The van der Waals surface area contributed by atoms with Crippen LogP contribution < -0.4 is 10.2 Å². The van der Waals surface area contributed by atoms with Crippen molar-refractivity contribution in [3.05, 3.63) is 36.0 Å². The Bertz CT molecular complexity index is 622. The van der Waals surface area contributed by atoms with Crippen LogP contribution in [-0.4, -0.2) is 53.3 Å². The molecule has 3 rings (SSSR count). The van der Waals surface area contributed by atoms with Crippen molar-refractivity contribution in [1.29, 1.82) is 0 Å². The van der Waals surface area contributed by atoms with E-state index < -0.39 is 0 Å². The van der Waals surface area contributed by atoms with E-state index in [-0.39, 0.29) is 0 Å². The number of likely N-dealkylation sites (N-methyl/N-ethyl adjacent to an activating group) is 1. The molecule has 0 aliphatic carbocycles. The third-order valence-corrected chi connectivity index (χ3v) is 3.99. The van der Waals surface area contributed by atoms with Crippen LogP contribution in [0.4, 0.5) is 17.5 Å². The lowest BCUT2D eigenvalue weighted by atomic mass is 10.1. The van der Waals surface area contributed by atoms with Crippen molar-refractivity contribution in [2.24, 2.45) is 0 Å². The van der Waals surface area contributed by atoms with Crippen molar-refractivity contribution in [2.75, 3.05) is 43.4 Å². The number of rotatable bonds is 4. The Labute approximate surface area is 131 Å². The standard InChI is InChI=1S/C16H22N6/c1-3-13-6-4-5-7-14(13)18-15-12-17-20-16(19-15)22-10-8-21(2)9-11-22/h4-7,12H,3,8-11H2,1-2H3,(H,18,19,20). The maximum absolute atomic E-state index is 4.61. The number of hydrogen-bond acceptors (Lipinski definition) is 6. The van der Waals surface area contributed by atoms with Crippen molar-refractivity contribution in [1.82, 2.24) is 20.1 Å². The van der Waals surface area contributed by atoms with E-state index in [9.17, 15) is 0 Å². The number of piperazine rings is 1. The summed E-state index contributed by atoms with van der Waals surface area (Å²) in [6, 6.07) is 8.27. The average molecular weight is 298 g/mol. The Morgan fingerprint density at radius 2 is 1.91 bits per heavy atom. The summed E-state index contributed by atoms with van der Waals surface area (Å²) in [7, 11) is 2.14. The normalized spacial score (nSPS) is 15.8. The molecule has 0 saturated carbocycles. The molecule has 0 atom stereocenters. The molecular weight excluding hydrogens is 276 g/mol. The molecule has 0 radical (unpaired) electrons. The number of hydrogen-bond donors (Lipinski definition) is 1. The van der Waals surface area contributed by atoms with Crippen LogP contribution in [0, 0.1) is 0 Å². The predicted octanol–water partition coefficient (Wildman–Crippen LogP) is 1.93. The van der Waals surface area contributed by atoms with E-state index in [4.69, 9.17) is 0 Å². The maximum atomic E-state index is 4.61. The summed E-state index contributed by atoms with van der Waals surface area (Å²) in [5.41, 5.74) is 2.34. The van der Waals surface area contributed by atoms with Gasteiger partial charge in [-0.05, 0) is 25.1 Å². The summed E-state index contributed by atoms with van der Waals surface area (Å²) in [6.07, 6.45) is 2.65. The first kappa shape index (κ1) is 14.7. The van der Waals surface area contributed by atoms with E-state index in [1.807, 2.05) is 6.07 Å². The first-order valence-electron chi connectivity index (χ1n) is 7.74. The second-order valence-corrected chi connectivity index (χ2v) is 5.57. The number of aryl methyl sites for hydroxylation is 1. The fourth-order valence-electron chi connectivity index (χ4n) is 2.58. The number of para-hydroxylation sites is 1. The Balaban J connectivity index is 1.76. The molecule has 6 heteroatoms. The van der Waals surface area contributed by atoms with Gasteiger partial charge < -0.3 is 15.1 Å². The highest BCUT2D eigenvalue weighted by Gasteiger charge is 2.17. The second-order valence-electron chi connectivity index (χ2n) is 5.57. The van der Waals surface area contributed by atoms with E-state index in [0.29, 0.717) is 5.95 Å². The third kappa shape index (κ3) is 3.33. The summed E-state index contributed by atoms with van der Waals surface area (Å²) >= 11 is 0. The predicted molar refractivity (Wildman–Crippen MR) is 88.6 cm³/mol. The lowest BCUT2D eigenvalue weighted by molar-refractivity contribution is 0.311. The molecule has 0 unspecified atom stereocenters. The summed E-state index contributed by atoms with van der Waals surface area (Å²) in [6.45, 7) is 6.08. The molecule has 2 heterocycles. The highest BCUT2D eigenvalue weighted by molar-refractivity contribution is 5.60. The lowest BCUT2D eigenvalue weighted by Gasteiger charge is -2.32. The maximum Gasteiger partial charge on any atom is 0.247 e. The average Bonchev–Trinajstić information content (AvgIpc) is 2.56. The van der Waals surface area contributed by atoms with Crippen molar-refractivity contribution in [2.45, 2.75) is 13.3 Å². The molecule has 1 aliphatic heterocycles. The summed E-state index contributed by atoms with van der Waals surface area (Å²) in [5.74, 6) is 1.44. The van der Waals surface area contributed by atoms with Gasteiger partial charge in [-0.1, -0.05) is 25.1 Å². The van der Waals surface area contributed by atoms with E-state index in [0.717, 1.165) is 44.1 Å². The first-order valence-corrected chi connectivity index (χ1v) is 7.74. The van der Waals surface area contributed by atoms with Gasteiger partial charge in [-0.25, -0.2) is 0 Å². The highest BCUT2D eigenvalue weighted by atomic mass is 15.4. The molecule has 1 aromatic carbocycles. The molecule has 1 N–H and O–H groups in total. The van der Waals surface area contributed by atoms with Crippen molar-refractivity contribution < 1.29 is 0 Å². The molecular formula is C16H22N6. The number of aromatic nitrogens is 3. The van der Waals surface area contributed by atoms with Gasteiger partial charge >= 0.3 is 0 Å². The molecule has 2 aromatic rings. The van der Waals surface area contributed by atoms with Crippen LogP contribution in [0.1, 0.15) is 12.5 Å². The van der Waals surface area contributed by atoms with Crippen LogP contribution in [0.15, 0.2) is 30.5 Å². The smallest absolute Gasteiger partial charge is 0.247 e. The van der Waals surface area contributed by atoms with Gasteiger partial charge in [0.25, 0.3) is 0 Å². The van der Waals surface area contributed by atoms with Crippen LogP contribution in [-0.2, 0) is 6.42 Å². The summed E-state index contributed by atoms with van der Waals surface area (Å²) in [4.78, 5) is 9.11. The Hall–Kier alpha value is -2.21. The lowest BCUT2D eigenvalue weighted by Crippen LogP contribution is -2.45. The van der Waals surface area contributed by atoms with Gasteiger partial charge in [0.05, 0.1) is 6.20 Å². The quantitative estimate of drug-likeness (QED) is 0.931. The van der Waals surface area contributed by atoms with E-state index in [1.54, 1.807) is 6.20 Å². The van der Waals surface area contributed by atoms with Crippen LogP contribution in [0.25, 0.3) is 0 Å². The van der Waals surface area contributed by atoms with E-state index >= 15 is 0 Å². The minimum atomic E-state index is 0.701. The zero-order valence-corrected chi connectivity index (χ0v) is 13.2. The molecule has 1 fully saturated rings. The topological polar surface area (TPSA) is 57.2 Å². The largest absolute Gasteiger partial charge is 0.339 e. The molecule has 1 saturated heterocycles. The second kappa shape index (κ2) is 6.70. The number of anilines is 3. The van der Waals surface area contributed by atoms with Gasteiger partial charge in [-0.2, -0.15) is 10.1 Å². The van der Waals surface area contributed by atoms with Crippen LogP contribution in [0.5, 0.6) is 0 Å². The monoisotopic (exact) mass is 298 g/mol. The summed E-state index contributed by atoms with van der Waals surface area (Å²) in [5, 5.41) is 11.6. The Morgan fingerprint density at radius 1 is 1.14 bits per heavy atom. The van der Waals surface area contributed by atoms with Crippen molar-refractivity contribution in [3.63, 3.8) is 0 Å². The first-order chi connectivity index (χ1) is 10.8. The minimum Gasteiger partial charge on any atom is -0.339 e. The minimum absolute atomic E-state index is 0.701. The fourth-order valence-corrected chi connectivity index (χ4v) is 2.58. The van der Waals surface area contributed by atoms with Gasteiger partial charge in [0.2, 0.25) is 5.95 Å². The number of benzene rings is 1. The zero-order chi connectivity index (χ0) is 15.4. The van der Waals surface area contributed by atoms with Gasteiger partial charge in [0, 0.05) is 31.9 Å². The molecule has 1 aliphatic rings.